The van der Waals surface area contributed by atoms with E-state index in [1.165, 1.54) is 13.0 Å². The highest BCUT2D eigenvalue weighted by atomic mass is 16.7. The van der Waals surface area contributed by atoms with Gasteiger partial charge in [0.05, 0.1) is 12.7 Å². The lowest BCUT2D eigenvalue weighted by Crippen LogP contribution is -2.61. The van der Waals surface area contributed by atoms with Gasteiger partial charge in [0.2, 0.25) is 17.5 Å². The lowest BCUT2D eigenvalue weighted by molar-refractivity contribution is -0.318. The fourth-order valence-corrected chi connectivity index (χ4v) is 4.84. The lowest BCUT2D eigenvalue weighted by atomic mass is 9.98. The number of ether oxygens (including phenoxy) is 4. The molecule has 5 rings (SSSR count). The quantitative estimate of drug-likeness (QED) is 0.140. The topological polar surface area (TPSA) is 269 Å². The van der Waals surface area contributed by atoms with Crippen LogP contribution in [0.25, 0.3) is 22.3 Å². The molecule has 0 saturated carbocycles. The van der Waals surface area contributed by atoms with Crippen molar-refractivity contribution in [2.24, 2.45) is 0 Å². The van der Waals surface area contributed by atoms with E-state index in [1.54, 1.807) is 0 Å². The number of phenolic OH excluding ortho intramolecular Hbond substituents is 4. The highest BCUT2D eigenvalue weighted by Gasteiger charge is 2.47. The minimum absolute atomic E-state index is 0.0313. The Morgan fingerprint density at radius 2 is 1.42 bits per heavy atom. The molecule has 2 aliphatic rings. The Balaban J connectivity index is 1.48. The normalized spacial score (nSPS) is 33.0. The van der Waals surface area contributed by atoms with E-state index in [0.717, 1.165) is 24.3 Å². The van der Waals surface area contributed by atoms with Crippen molar-refractivity contribution in [3.63, 3.8) is 0 Å². The van der Waals surface area contributed by atoms with E-state index in [2.05, 4.69) is 0 Å². The molecule has 43 heavy (non-hydrogen) atoms. The average molecular weight is 611 g/mol. The summed E-state index contributed by atoms with van der Waals surface area (Å²) >= 11 is 0. The molecule has 0 radical (unpaired) electrons. The van der Waals surface area contributed by atoms with Crippen LogP contribution in [0.4, 0.5) is 0 Å². The molecule has 234 valence electrons. The molecule has 2 fully saturated rings. The van der Waals surface area contributed by atoms with Gasteiger partial charge in [-0.25, -0.2) is 0 Å². The van der Waals surface area contributed by atoms with Gasteiger partial charge in [0.15, 0.2) is 23.5 Å². The Kier molecular flexibility index (Phi) is 8.41. The number of aliphatic hydroxyl groups excluding tert-OH is 6. The number of benzene rings is 2. The predicted molar refractivity (Wildman–Crippen MR) is 140 cm³/mol. The average Bonchev–Trinajstić information content (AvgIpc) is 2.96. The minimum atomic E-state index is -1.97. The first kappa shape index (κ1) is 30.7. The number of aliphatic hydroxyl groups is 6. The molecule has 1 aromatic heterocycles. The highest BCUT2D eigenvalue weighted by Crippen LogP contribution is 2.39. The molecule has 5 unspecified atom stereocenters. The number of hydrogen-bond donors (Lipinski definition) is 10. The first-order valence-corrected chi connectivity index (χ1v) is 13.0. The van der Waals surface area contributed by atoms with Gasteiger partial charge in [-0.15, -0.1) is 0 Å². The largest absolute Gasteiger partial charge is 0.508 e. The van der Waals surface area contributed by atoms with Crippen LogP contribution in [-0.4, -0.2) is 119 Å². The Bertz CT molecular complexity index is 1540. The summed E-state index contributed by atoms with van der Waals surface area (Å²) in [4.78, 5) is 13.6. The maximum Gasteiger partial charge on any atom is 0.239 e. The summed E-state index contributed by atoms with van der Waals surface area (Å²) in [5.41, 5.74) is -1.35. The van der Waals surface area contributed by atoms with E-state index in [9.17, 15) is 55.9 Å². The highest BCUT2D eigenvalue weighted by molar-refractivity contribution is 5.88. The predicted octanol–water partition coefficient (Wildman–Crippen LogP) is -1.69. The number of aromatic hydroxyl groups is 4. The zero-order chi connectivity index (χ0) is 31.3. The maximum atomic E-state index is 13.6. The second-order valence-corrected chi connectivity index (χ2v) is 10.3. The molecular weight excluding hydrogens is 580 g/mol. The van der Waals surface area contributed by atoms with Crippen molar-refractivity contribution in [2.75, 3.05) is 6.61 Å². The van der Waals surface area contributed by atoms with Crippen molar-refractivity contribution in [2.45, 2.75) is 68.3 Å². The van der Waals surface area contributed by atoms with Crippen molar-refractivity contribution in [3.05, 3.63) is 40.6 Å². The first-order chi connectivity index (χ1) is 20.3. The van der Waals surface area contributed by atoms with E-state index in [1.807, 2.05) is 0 Å². The second kappa shape index (κ2) is 11.8. The fraction of sp³-hybridized carbons (Fsp3) is 0.444. The van der Waals surface area contributed by atoms with Gasteiger partial charge >= 0.3 is 0 Å². The zero-order valence-corrected chi connectivity index (χ0v) is 22.3. The van der Waals surface area contributed by atoms with Crippen LogP contribution in [0.15, 0.2) is 39.5 Å². The van der Waals surface area contributed by atoms with E-state index < -0.39 is 113 Å². The van der Waals surface area contributed by atoms with Crippen LogP contribution in [0.5, 0.6) is 28.7 Å². The third kappa shape index (κ3) is 5.67. The van der Waals surface area contributed by atoms with Gasteiger partial charge in [-0.1, -0.05) is 0 Å². The molecule has 2 saturated heterocycles. The summed E-state index contributed by atoms with van der Waals surface area (Å²) in [6.45, 7) is 0.818. The summed E-state index contributed by atoms with van der Waals surface area (Å²) in [5.74, 6) is -3.33. The van der Waals surface area contributed by atoms with Gasteiger partial charge in [0, 0.05) is 17.7 Å². The third-order valence-corrected chi connectivity index (χ3v) is 7.29. The first-order valence-electron chi connectivity index (χ1n) is 13.0. The molecule has 0 aliphatic carbocycles. The minimum Gasteiger partial charge on any atom is -0.508 e. The number of fused-ring (bicyclic) bond motifs is 1. The molecular formula is C27H30O16. The molecule has 10 N–H and O–H groups in total. The van der Waals surface area contributed by atoms with Crippen LogP contribution in [0.3, 0.4) is 0 Å². The van der Waals surface area contributed by atoms with Gasteiger partial charge in [0.1, 0.15) is 65.2 Å². The van der Waals surface area contributed by atoms with Crippen LogP contribution in [-0.2, 0) is 14.2 Å². The van der Waals surface area contributed by atoms with E-state index in [0.29, 0.717) is 0 Å². The van der Waals surface area contributed by atoms with Crippen LogP contribution in [0.1, 0.15) is 6.92 Å². The maximum absolute atomic E-state index is 13.6. The van der Waals surface area contributed by atoms with Crippen molar-refractivity contribution in [3.8, 4) is 40.1 Å². The van der Waals surface area contributed by atoms with Crippen molar-refractivity contribution in [1.82, 2.24) is 0 Å². The lowest BCUT2D eigenvalue weighted by Gasteiger charge is -2.42. The van der Waals surface area contributed by atoms with Crippen molar-refractivity contribution >= 4 is 11.0 Å². The number of hydrogen-bond acceptors (Lipinski definition) is 16. The summed E-state index contributed by atoms with van der Waals surface area (Å²) in [5, 5.41) is 101. The Labute approximate surface area is 241 Å². The van der Waals surface area contributed by atoms with Gasteiger partial charge in [-0.3, -0.25) is 4.79 Å². The summed E-state index contributed by atoms with van der Waals surface area (Å²) in [7, 11) is 0. The fourth-order valence-electron chi connectivity index (χ4n) is 4.84. The summed E-state index contributed by atoms with van der Waals surface area (Å²) in [6.07, 6.45) is -16.2. The number of rotatable bonds is 6. The number of phenols is 4. The molecule has 3 heterocycles. The molecule has 10 atom stereocenters. The van der Waals surface area contributed by atoms with Crippen LogP contribution < -0.4 is 10.2 Å². The Hall–Kier alpha value is -3.71. The molecule has 0 spiro atoms. The Morgan fingerprint density at radius 3 is 2.12 bits per heavy atom. The molecule has 0 amide bonds. The molecule has 0 bridgehead atoms. The van der Waals surface area contributed by atoms with Crippen LogP contribution >= 0.6 is 0 Å². The van der Waals surface area contributed by atoms with Crippen LogP contribution in [0, 0.1) is 0 Å². The standard InChI is InChI=1S/C27H30O16/c1-8-17(32)20(35)22(37)26(40-8)39-7-15-18(33)21(36)23(38)27(42-15)43-25-19(34)16-13(31)5-10(28)6-14(16)41-24(25)9-2-3-11(29)12(30)4-9/h2-6,8,15,17-18,20-23,26-33,35-38H,7H2,1H3/t8?,15?,17-,18+,20?,21?,22-,23?,26+,27-/m0/s1. The van der Waals surface area contributed by atoms with Gasteiger partial charge in [0.25, 0.3) is 0 Å². The van der Waals surface area contributed by atoms with E-state index in [-0.39, 0.29) is 11.1 Å². The summed E-state index contributed by atoms with van der Waals surface area (Å²) < 4.78 is 27.8. The van der Waals surface area contributed by atoms with Crippen molar-refractivity contribution < 1.29 is 74.4 Å². The molecule has 16 nitrogen and oxygen atoms in total. The Morgan fingerprint density at radius 1 is 0.744 bits per heavy atom. The second-order valence-electron chi connectivity index (χ2n) is 10.3. The van der Waals surface area contributed by atoms with Gasteiger partial charge in [-0.05, 0) is 25.1 Å². The molecule has 3 aromatic rings. The van der Waals surface area contributed by atoms with Gasteiger partial charge < -0.3 is 74.4 Å². The smallest absolute Gasteiger partial charge is 0.239 e. The van der Waals surface area contributed by atoms with Gasteiger partial charge in [-0.2, -0.15) is 0 Å². The molecule has 2 aromatic carbocycles. The molecule has 2 aliphatic heterocycles. The van der Waals surface area contributed by atoms with Crippen molar-refractivity contribution in [1.29, 1.82) is 0 Å². The molecule has 16 heteroatoms. The summed E-state index contributed by atoms with van der Waals surface area (Å²) in [6, 6.07) is 5.24. The van der Waals surface area contributed by atoms with E-state index in [4.69, 9.17) is 23.4 Å². The van der Waals surface area contributed by atoms with Crippen LogP contribution in [0.2, 0.25) is 0 Å². The van der Waals surface area contributed by atoms with E-state index >= 15 is 0 Å². The monoisotopic (exact) mass is 610 g/mol. The zero-order valence-electron chi connectivity index (χ0n) is 22.3. The third-order valence-electron chi connectivity index (χ3n) is 7.29. The SMILES string of the molecule is CC1O[C@@H](OCC2O[C@@H](Oc3c(-c4ccc(O)c(O)c4)oc4cc(O)cc(O)c4c3=O)C(O)C(O)[C@@H]2O)[C@@H](O)C(O)[C@H]1O.